The van der Waals surface area contributed by atoms with Crippen LogP contribution in [-0.4, -0.2) is 46.4 Å². The molecule has 2 aliphatic rings. The molecule has 2 aromatic rings. The van der Waals surface area contributed by atoms with Crippen molar-refractivity contribution in [3.05, 3.63) is 41.3 Å². The van der Waals surface area contributed by atoms with Gasteiger partial charge >= 0.3 is 0 Å². The summed E-state index contributed by atoms with van der Waals surface area (Å²) in [4.78, 5) is 18.5. The molecule has 176 valence electrons. The summed E-state index contributed by atoms with van der Waals surface area (Å²) in [5.74, 6) is 1.94. The molecule has 0 saturated carbocycles. The third-order valence-electron chi connectivity index (χ3n) is 6.60. The maximum absolute atomic E-state index is 10.3. The first-order chi connectivity index (χ1) is 15.5. The van der Waals surface area contributed by atoms with Crippen LogP contribution in [0.3, 0.4) is 0 Å². The van der Waals surface area contributed by atoms with E-state index in [0.717, 1.165) is 36.8 Å². The van der Waals surface area contributed by atoms with E-state index < -0.39 is 0 Å². The predicted octanol–water partition coefficient (Wildman–Crippen LogP) is 4.70. The lowest BCUT2D eigenvalue weighted by atomic mass is 10.0. The van der Waals surface area contributed by atoms with Gasteiger partial charge in [-0.15, -0.1) is 0 Å². The minimum absolute atomic E-state index is 0.559. The van der Waals surface area contributed by atoms with E-state index in [-0.39, 0.29) is 0 Å². The Kier molecular flexibility index (Phi) is 9.48. The minimum atomic E-state index is 0.559. The van der Waals surface area contributed by atoms with Gasteiger partial charge in [0.15, 0.2) is 0 Å². The Labute approximate surface area is 197 Å². The quantitative estimate of drug-likeness (QED) is 0.503. The average Bonchev–Trinajstić information content (AvgIpc) is 3.07. The second kappa shape index (κ2) is 12.3. The fourth-order valence-corrected chi connectivity index (χ4v) is 5.40. The van der Waals surface area contributed by atoms with Gasteiger partial charge in [-0.25, -0.2) is 9.29 Å². The monoisotopic (exact) mass is 457 g/mol. The van der Waals surface area contributed by atoms with Crippen molar-refractivity contribution in [1.82, 2.24) is 19.2 Å². The molecular weight excluding hydrogens is 418 g/mol. The number of hydrogen-bond donors (Lipinski definition) is 1. The standard InChI is InChI=1S/C13H22N2S.C12H17N3O/c1-10-5-7-15(8-6-10)16-13-9-11(2)14(4)12(13)3;16-10-13-9-11-5-4-6-14-12(11)15-7-2-1-3-8-15/h9-10H,5-8H2,1-4H3;4-6,10H,1-3,7-9H2,(H,13,16). The average molecular weight is 458 g/mol. The second-order valence-corrected chi connectivity index (χ2v) is 10.2. The first-order valence-electron chi connectivity index (χ1n) is 11.9. The molecule has 2 aliphatic heterocycles. The van der Waals surface area contributed by atoms with Crippen molar-refractivity contribution in [2.75, 3.05) is 31.1 Å². The van der Waals surface area contributed by atoms with Crippen molar-refractivity contribution in [2.24, 2.45) is 13.0 Å². The van der Waals surface area contributed by atoms with E-state index in [1.54, 1.807) is 0 Å². The highest BCUT2D eigenvalue weighted by molar-refractivity contribution is 7.97. The van der Waals surface area contributed by atoms with E-state index in [4.69, 9.17) is 0 Å². The molecule has 32 heavy (non-hydrogen) atoms. The van der Waals surface area contributed by atoms with Gasteiger partial charge in [0.25, 0.3) is 0 Å². The fourth-order valence-electron chi connectivity index (χ4n) is 4.24. The normalized spacial score (nSPS) is 17.6. The minimum Gasteiger partial charge on any atom is -0.356 e. The first-order valence-corrected chi connectivity index (χ1v) is 12.7. The molecule has 4 heterocycles. The highest BCUT2D eigenvalue weighted by Crippen LogP contribution is 2.31. The third-order valence-corrected chi connectivity index (χ3v) is 7.83. The zero-order valence-corrected chi connectivity index (χ0v) is 21.0. The Morgan fingerprint density at radius 2 is 1.88 bits per heavy atom. The van der Waals surface area contributed by atoms with Gasteiger partial charge in [-0.05, 0) is 76.0 Å². The van der Waals surface area contributed by atoms with Crippen molar-refractivity contribution in [3.8, 4) is 0 Å². The number of amides is 1. The van der Waals surface area contributed by atoms with Crippen LogP contribution in [0.2, 0.25) is 0 Å². The van der Waals surface area contributed by atoms with Crippen molar-refractivity contribution in [3.63, 3.8) is 0 Å². The number of aryl methyl sites for hydroxylation is 1. The number of pyridine rings is 1. The molecule has 6 nitrogen and oxygen atoms in total. The number of carbonyl (C=O) groups excluding carboxylic acids is 1. The van der Waals surface area contributed by atoms with E-state index in [1.807, 2.05) is 30.3 Å². The maximum atomic E-state index is 10.3. The van der Waals surface area contributed by atoms with Gasteiger partial charge in [0.1, 0.15) is 5.82 Å². The number of aromatic nitrogens is 2. The highest BCUT2D eigenvalue weighted by atomic mass is 32.2. The molecular formula is C25H39N5OS. The highest BCUT2D eigenvalue weighted by Gasteiger charge is 2.18. The lowest BCUT2D eigenvalue weighted by molar-refractivity contribution is -0.109. The smallest absolute Gasteiger partial charge is 0.207 e. The summed E-state index contributed by atoms with van der Waals surface area (Å²) in [5, 5.41) is 2.70. The van der Waals surface area contributed by atoms with Crippen LogP contribution in [-0.2, 0) is 18.4 Å². The van der Waals surface area contributed by atoms with Crippen LogP contribution >= 0.6 is 11.9 Å². The number of rotatable bonds is 6. The Morgan fingerprint density at radius 1 is 1.16 bits per heavy atom. The molecule has 2 saturated heterocycles. The summed E-state index contributed by atoms with van der Waals surface area (Å²) < 4.78 is 4.79. The Bertz CT molecular complexity index is 854. The summed E-state index contributed by atoms with van der Waals surface area (Å²) in [5.41, 5.74) is 3.84. The number of hydrogen-bond acceptors (Lipinski definition) is 5. The summed E-state index contributed by atoms with van der Waals surface area (Å²) >= 11 is 1.94. The molecule has 1 N–H and O–H groups in total. The summed E-state index contributed by atoms with van der Waals surface area (Å²) in [6.45, 7) is 11.9. The van der Waals surface area contributed by atoms with Gasteiger partial charge in [-0.1, -0.05) is 13.0 Å². The van der Waals surface area contributed by atoms with E-state index in [9.17, 15) is 4.79 Å². The van der Waals surface area contributed by atoms with Gasteiger partial charge < -0.3 is 14.8 Å². The van der Waals surface area contributed by atoms with Crippen LogP contribution < -0.4 is 10.2 Å². The predicted molar refractivity (Wildman–Crippen MR) is 134 cm³/mol. The Balaban J connectivity index is 0.000000181. The second-order valence-electron chi connectivity index (χ2n) is 9.03. The molecule has 0 aromatic carbocycles. The van der Waals surface area contributed by atoms with Crippen molar-refractivity contribution >= 4 is 24.2 Å². The molecule has 1 amide bonds. The van der Waals surface area contributed by atoms with Crippen LogP contribution in [0.1, 0.15) is 56.0 Å². The molecule has 7 heteroatoms. The van der Waals surface area contributed by atoms with Gasteiger partial charge in [0, 0.05) is 67.8 Å². The SMILES string of the molecule is Cc1cc(SN2CCC(C)CC2)c(C)n1C.O=CNCc1cccnc1N1CCCCC1. The van der Waals surface area contributed by atoms with Crippen LogP contribution in [0.25, 0.3) is 0 Å². The van der Waals surface area contributed by atoms with E-state index in [0.29, 0.717) is 6.54 Å². The van der Waals surface area contributed by atoms with Crippen molar-refractivity contribution in [2.45, 2.75) is 64.3 Å². The zero-order valence-electron chi connectivity index (χ0n) is 20.1. The number of nitrogens with one attached hydrogen (secondary N) is 1. The summed E-state index contributed by atoms with van der Waals surface area (Å²) in [6.07, 6.45) is 9.01. The molecule has 0 atom stereocenters. The molecule has 0 bridgehead atoms. The van der Waals surface area contributed by atoms with Crippen molar-refractivity contribution < 1.29 is 4.79 Å². The molecule has 0 radical (unpaired) electrons. The van der Waals surface area contributed by atoms with Gasteiger partial charge in [-0.2, -0.15) is 0 Å². The van der Waals surface area contributed by atoms with Gasteiger partial charge in [0.2, 0.25) is 6.41 Å². The number of carbonyl (C=O) groups is 1. The fraction of sp³-hybridized carbons (Fsp3) is 0.600. The van der Waals surface area contributed by atoms with E-state index in [1.165, 1.54) is 61.5 Å². The molecule has 0 unspecified atom stereocenters. The topological polar surface area (TPSA) is 53.4 Å². The lowest BCUT2D eigenvalue weighted by Crippen LogP contribution is -2.31. The number of piperidine rings is 2. The summed E-state index contributed by atoms with van der Waals surface area (Å²) in [7, 11) is 2.15. The third kappa shape index (κ3) is 6.75. The van der Waals surface area contributed by atoms with Crippen LogP contribution in [0.5, 0.6) is 0 Å². The Hall–Kier alpha value is -1.99. The Morgan fingerprint density at radius 3 is 2.50 bits per heavy atom. The number of anilines is 1. The zero-order chi connectivity index (χ0) is 22.9. The molecule has 0 aliphatic carbocycles. The maximum Gasteiger partial charge on any atom is 0.207 e. The van der Waals surface area contributed by atoms with E-state index in [2.05, 4.69) is 58.0 Å². The largest absolute Gasteiger partial charge is 0.356 e. The van der Waals surface area contributed by atoms with Crippen molar-refractivity contribution in [1.29, 1.82) is 0 Å². The number of nitrogens with zero attached hydrogens (tertiary/aromatic N) is 4. The molecule has 2 aromatic heterocycles. The molecule has 2 fully saturated rings. The first kappa shape index (κ1) is 24.6. The van der Waals surface area contributed by atoms with Gasteiger partial charge in [-0.3, -0.25) is 4.79 Å². The molecule has 0 spiro atoms. The van der Waals surface area contributed by atoms with Crippen LogP contribution in [0.15, 0.2) is 29.3 Å². The van der Waals surface area contributed by atoms with Crippen LogP contribution in [0.4, 0.5) is 5.82 Å². The van der Waals surface area contributed by atoms with E-state index >= 15 is 0 Å². The molecule has 4 rings (SSSR count). The summed E-state index contributed by atoms with van der Waals surface area (Å²) in [6, 6.07) is 6.24. The lowest BCUT2D eigenvalue weighted by Gasteiger charge is -2.29. The van der Waals surface area contributed by atoms with Gasteiger partial charge in [0.05, 0.1) is 0 Å². The van der Waals surface area contributed by atoms with Crippen LogP contribution in [0, 0.1) is 19.8 Å².